The van der Waals surface area contributed by atoms with Crippen LogP contribution >= 0.6 is 0 Å². The van der Waals surface area contributed by atoms with Crippen molar-refractivity contribution in [2.45, 2.75) is 19.8 Å². The molecule has 1 aliphatic rings. The number of methoxy groups -OCH3 is 3. The molecule has 0 atom stereocenters. The first-order chi connectivity index (χ1) is 15.3. The summed E-state index contributed by atoms with van der Waals surface area (Å²) in [6.07, 6.45) is 3.27. The summed E-state index contributed by atoms with van der Waals surface area (Å²) >= 11 is 0. The molecule has 7 nitrogen and oxygen atoms in total. The summed E-state index contributed by atoms with van der Waals surface area (Å²) in [7, 11) is 3.91. The van der Waals surface area contributed by atoms with Gasteiger partial charge in [-0.3, -0.25) is 0 Å². The minimum absolute atomic E-state index is 0.293. The van der Waals surface area contributed by atoms with Crippen molar-refractivity contribution >= 4 is 23.6 Å². The van der Waals surface area contributed by atoms with Crippen LogP contribution in [-0.2, 0) is 23.8 Å². The van der Waals surface area contributed by atoms with Gasteiger partial charge in [-0.1, -0.05) is 23.8 Å². The number of carbonyl (C=O) groups is 3. The van der Waals surface area contributed by atoms with Crippen LogP contribution in [0.4, 0.5) is 5.69 Å². The smallest absolute Gasteiger partial charge is 0.337 e. The van der Waals surface area contributed by atoms with E-state index < -0.39 is 23.8 Å². The van der Waals surface area contributed by atoms with Gasteiger partial charge in [0.05, 0.1) is 44.0 Å². The van der Waals surface area contributed by atoms with Crippen LogP contribution in [0.1, 0.15) is 33.0 Å². The maximum atomic E-state index is 12.8. The lowest BCUT2D eigenvalue weighted by molar-refractivity contribution is -0.137. The lowest BCUT2D eigenvalue weighted by Gasteiger charge is -2.31. The van der Waals surface area contributed by atoms with Gasteiger partial charge in [0, 0.05) is 18.1 Å². The fourth-order valence-corrected chi connectivity index (χ4v) is 3.67. The van der Waals surface area contributed by atoms with Crippen molar-refractivity contribution < 1.29 is 28.6 Å². The molecule has 166 valence electrons. The number of benzene rings is 2. The number of carbonyl (C=O) groups excluding carboxylic acids is 3. The van der Waals surface area contributed by atoms with Gasteiger partial charge in [-0.25, -0.2) is 14.4 Å². The molecule has 0 amide bonds. The Morgan fingerprint density at radius 2 is 1.28 bits per heavy atom. The fraction of sp³-hybridized carbons (Fsp3) is 0.240. The highest BCUT2D eigenvalue weighted by Gasteiger charge is 2.36. The number of nitrogens with zero attached hydrogens (tertiary/aromatic N) is 1. The Labute approximate surface area is 186 Å². The maximum absolute atomic E-state index is 12.8. The molecule has 1 heterocycles. The summed E-state index contributed by atoms with van der Waals surface area (Å²) in [4.78, 5) is 39.0. The van der Waals surface area contributed by atoms with Gasteiger partial charge in [-0.2, -0.15) is 0 Å². The maximum Gasteiger partial charge on any atom is 0.337 e. The minimum Gasteiger partial charge on any atom is -0.466 e. The molecule has 0 saturated carbocycles. The quantitative estimate of drug-likeness (QED) is 0.522. The first-order valence-electron chi connectivity index (χ1n) is 9.94. The standard InChI is InChI=1S/C25H25NO6/c1-15-6-7-16(2)19(12-15)22-20(24(28)31-4)13-26(14-21(22)25(29)32-5)18-10-8-17(9-11-18)23(27)30-3/h6-14,22H,1-5H3. The molecule has 3 rings (SSSR count). The van der Waals surface area contributed by atoms with E-state index in [1.807, 2.05) is 32.0 Å². The van der Waals surface area contributed by atoms with Gasteiger partial charge in [0.1, 0.15) is 0 Å². The largest absolute Gasteiger partial charge is 0.466 e. The molecule has 0 aromatic heterocycles. The van der Waals surface area contributed by atoms with E-state index in [9.17, 15) is 14.4 Å². The number of hydrogen-bond donors (Lipinski definition) is 0. The van der Waals surface area contributed by atoms with E-state index in [-0.39, 0.29) is 0 Å². The van der Waals surface area contributed by atoms with Gasteiger partial charge in [0.15, 0.2) is 0 Å². The Hall–Kier alpha value is -3.87. The molecule has 0 N–H and O–H groups in total. The predicted molar refractivity (Wildman–Crippen MR) is 119 cm³/mol. The van der Waals surface area contributed by atoms with Crippen LogP contribution in [0.15, 0.2) is 66.0 Å². The van der Waals surface area contributed by atoms with Crippen LogP contribution in [-0.4, -0.2) is 39.2 Å². The van der Waals surface area contributed by atoms with Crippen molar-refractivity contribution in [3.8, 4) is 0 Å². The second-order valence-corrected chi connectivity index (χ2v) is 7.39. The molecule has 2 aromatic carbocycles. The molecule has 7 heteroatoms. The van der Waals surface area contributed by atoms with E-state index in [2.05, 4.69) is 0 Å². The average Bonchev–Trinajstić information content (AvgIpc) is 2.83. The van der Waals surface area contributed by atoms with Gasteiger partial charge in [0.2, 0.25) is 0 Å². The topological polar surface area (TPSA) is 82.1 Å². The second kappa shape index (κ2) is 9.51. The normalized spacial score (nSPS) is 13.7. The number of anilines is 1. The zero-order chi connectivity index (χ0) is 23.4. The predicted octanol–water partition coefficient (Wildman–Crippen LogP) is 3.81. The van der Waals surface area contributed by atoms with Crippen molar-refractivity contribution in [2.75, 3.05) is 26.2 Å². The van der Waals surface area contributed by atoms with E-state index in [1.54, 1.807) is 41.6 Å². The monoisotopic (exact) mass is 435 g/mol. The highest BCUT2D eigenvalue weighted by atomic mass is 16.5. The van der Waals surface area contributed by atoms with Crippen LogP contribution in [0.2, 0.25) is 0 Å². The van der Waals surface area contributed by atoms with Crippen molar-refractivity contribution in [2.24, 2.45) is 0 Å². The van der Waals surface area contributed by atoms with Gasteiger partial charge in [0.25, 0.3) is 0 Å². The Morgan fingerprint density at radius 1 is 0.750 bits per heavy atom. The third-order valence-corrected chi connectivity index (χ3v) is 5.35. The molecular formula is C25H25NO6. The van der Waals surface area contributed by atoms with Gasteiger partial charge in [-0.05, 0) is 49.2 Å². The Kier molecular flexibility index (Phi) is 6.78. The third kappa shape index (κ3) is 4.42. The second-order valence-electron chi connectivity index (χ2n) is 7.39. The number of ether oxygens (including phenoxy) is 3. The summed E-state index contributed by atoms with van der Waals surface area (Å²) in [5, 5.41) is 0. The Balaban J connectivity index is 2.16. The van der Waals surface area contributed by atoms with Crippen LogP contribution in [0, 0.1) is 13.8 Å². The minimum atomic E-state index is -0.652. The van der Waals surface area contributed by atoms with Gasteiger partial charge < -0.3 is 19.1 Å². The summed E-state index contributed by atoms with van der Waals surface area (Å²) in [5.41, 5.74) is 4.36. The van der Waals surface area contributed by atoms with Crippen LogP contribution < -0.4 is 4.90 Å². The van der Waals surface area contributed by atoms with Crippen LogP contribution in [0.25, 0.3) is 0 Å². The summed E-state index contributed by atoms with van der Waals surface area (Å²) < 4.78 is 14.8. The van der Waals surface area contributed by atoms with Crippen LogP contribution in [0.3, 0.4) is 0 Å². The SMILES string of the molecule is COC(=O)C1=CN(c2ccc(C(=O)OC)cc2)C=C(C(=O)OC)C1c1cc(C)ccc1C. The molecule has 0 radical (unpaired) electrons. The molecular weight excluding hydrogens is 410 g/mol. The first kappa shape index (κ1) is 22.8. The van der Waals surface area contributed by atoms with E-state index in [1.165, 1.54) is 21.3 Å². The third-order valence-electron chi connectivity index (χ3n) is 5.35. The Bertz CT molecular complexity index is 1080. The van der Waals surface area contributed by atoms with Crippen molar-refractivity contribution in [1.29, 1.82) is 0 Å². The molecule has 32 heavy (non-hydrogen) atoms. The van der Waals surface area contributed by atoms with E-state index >= 15 is 0 Å². The number of rotatable bonds is 5. The molecule has 2 aromatic rings. The van der Waals surface area contributed by atoms with Crippen molar-refractivity contribution in [1.82, 2.24) is 0 Å². The molecule has 0 spiro atoms. The van der Waals surface area contributed by atoms with Crippen LogP contribution in [0.5, 0.6) is 0 Å². The van der Waals surface area contributed by atoms with Crippen molar-refractivity contribution in [3.05, 3.63) is 88.3 Å². The van der Waals surface area contributed by atoms with Gasteiger partial charge >= 0.3 is 17.9 Å². The lowest BCUT2D eigenvalue weighted by Crippen LogP contribution is -2.29. The average molecular weight is 435 g/mol. The molecule has 0 aliphatic carbocycles. The molecule has 0 bridgehead atoms. The fourth-order valence-electron chi connectivity index (χ4n) is 3.67. The number of esters is 3. The van der Waals surface area contributed by atoms with E-state index in [0.29, 0.717) is 22.4 Å². The van der Waals surface area contributed by atoms with Gasteiger partial charge in [-0.15, -0.1) is 0 Å². The number of hydrogen-bond acceptors (Lipinski definition) is 7. The molecule has 0 saturated heterocycles. The van der Waals surface area contributed by atoms with E-state index in [0.717, 1.165) is 16.7 Å². The zero-order valence-electron chi connectivity index (χ0n) is 18.7. The summed E-state index contributed by atoms with van der Waals surface area (Å²) in [6, 6.07) is 12.5. The highest BCUT2D eigenvalue weighted by Crippen LogP contribution is 2.40. The summed E-state index contributed by atoms with van der Waals surface area (Å²) in [6.45, 7) is 3.88. The Morgan fingerprint density at radius 3 is 1.78 bits per heavy atom. The highest BCUT2D eigenvalue weighted by molar-refractivity contribution is 6.00. The molecule has 0 unspecified atom stereocenters. The molecule has 0 fully saturated rings. The molecule has 1 aliphatic heterocycles. The van der Waals surface area contributed by atoms with Crippen molar-refractivity contribution in [3.63, 3.8) is 0 Å². The van der Waals surface area contributed by atoms with E-state index in [4.69, 9.17) is 14.2 Å². The first-order valence-corrected chi connectivity index (χ1v) is 9.94. The number of aryl methyl sites for hydroxylation is 2. The lowest BCUT2D eigenvalue weighted by atomic mass is 9.80. The zero-order valence-corrected chi connectivity index (χ0v) is 18.7. The summed E-state index contributed by atoms with van der Waals surface area (Å²) in [5.74, 6) is -2.22.